The number of nitrogens with zero attached hydrogens (tertiary/aromatic N) is 3. The summed E-state index contributed by atoms with van der Waals surface area (Å²) in [5, 5.41) is 2.69. The van der Waals surface area contributed by atoms with E-state index in [-0.39, 0.29) is 6.54 Å². The molecule has 0 saturated carbocycles. The Labute approximate surface area is 156 Å². The van der Waals surface area contributed by atoms with Gasteiger partial charge in [-0.2, -0.15) is 0 Å². The van der Waals surface area contributed by atoms with Crippen molar-refractivity contribution in [1.82, 2.24) is 9.97 Å². The van der Waals surface area contributed by atoms with Crippen molar-refractivity contribution in [1.29, 1.82) is 0 Å². The van der Waals surface area contributed by atoms with Crippen LogP contribution in [0.25, 0.3) is 0 Å². The average molecular weight is 372 g/mol. The quantitative estimate of drug-likeness (QED) is 0.756. The van der Waals surface area contributed by atoms with Gasteiger partial charge in [-0.1, -0.05) is 0 Å². The Morgan fingerprint density at radius 2 is 1.93 bits per heavy atom. The molecule has 3 rings (SSSR count). The van der Waals surface area contributed by atoms with Gasteiger partial charge < -0.3 is 24.4 Å². The summed E-state index contributed by atoms with van der Waals surface area (Å²) in [6, 6.07) is 6.76. The van der Waals surface area contributed by atoms with Crippen LogP contribution in [0, 0.1) is 0 Å². The van der Waals surface area contributed by atoms with Crippen molar-refractivity contribution >= 4 is 23.5 Å². The number of rotatable bonds is 6. The molecule has 1 atom stereocenters. The first-order valence-corrected chi connectivity index (χ1v) is 8.41. The normalized spacial score (nSPS) is 13.4. The summed E-state index contributed by atoms with van der Waals surface area (Å²) in [7, 11) is 1.66. The number of carbonyl (C=O) groups excluding carboxylic acids is 2. The maximum Gasteiger partial charge on any atom is 0.326 e. The van der Waals surface area contributed by atoms with E-state index in [9.17, 15) is 9.59 Å². The van der Waals surface area contributed by atoms with Gasteiger partial charge in [-0.3, -0.25) is 9.59 Å². The van der Waals surface area contributed by atoms with E-state index in [1.165, 1.54) is 11.8 Å². The maximum atomic E-state index is 12.3. The molecule has 0 radical (unpaired) electrons. The SMILES string of the molecule is CC(OC(=O)CN(C)c1ncccn1)C(=O)Nc1ccc2c(c1)OCCO2. The number of aromatic nitrogens is 2. The number of amides is 1. The first-order chi connectivity index (χ1) is 13.0. The van der Waals surface area contributed by atoms with Gasteiger partial charge in [-0.05, 0) is 25.1 Å². The van der Waals surface area contributed by atoms with E-state index in [4.69, 9.17) is 14.2 Å². The molecule has 27 heavy (non-hydrogen) atoms. The third kappa shape index (κ3) is 4.84. The molecule has 1 N–H and O–H groups in total. The Morgan fingerprint density at radius 1 is 1.22 bits per heavy atom. The fraction of sp³-hybridized carbons (Fsp3) is 0.333. The number of esters is 1. The Bertz CT molecular complexity index is 815. The Kier molecular flexibility index (Phi) is 5.70. The molecule has 9 nitrogen and oxygen atoms in total. The number of ether oxygens (including phenoxy) is 3. The Morgan fingerprint density at radius 3 is 2.67 bits per heavy atom. The van der Waals surface area contributed by atoms with Crippen LogP contribution in [0.4, 0.5) is 11.6 Å². The minimum Gasteiger partial charge on any atom is -0.486 e. The van der Waals surface area contributed by atoms with Crippen LogP contribution in [0.1, 0.15) is 6.92 Å². The van der Waals surface area contributed by atoms with Crippen molar-refractivity contribution in [2.24, 2.45) is 0 Å². The molecule has 0 bridgehead atoms. The van der Waals surface area contributed by atoms with Crippen LogP contribution in [0.5, 0.6) is 11.5 Å². The summed E-state index contributed by atoms with van der Waals surface area (Å²) >= 11 is 0. The lowest BCUT2D eigenvalue weighted by Gasteiger charge is -2.20. The van der Waals surface area contributed by atoms with Gasteiger partial charge in [0.05, 0.1) is 0 Å². The molecule has 1 aliphatic heterocycles. The monoisotopic (exact) mass is 372 g/mol. The predicted octanol–water partition coefficient (Wildman–Crippen LogP) is 1.25. The van der Waals surface area contributed by atoms with Crippen molar-refractivity contribution in [2.75, 3.05) is 37.0 Å². The van der Waals surface area contributed by atoms with Gasteiger partial charge in [0.1, 0.15) is 19.8 Å². The number of hydrogen-bond acceptors (Lipinski definition) is 8. The molecule has 1 amide bonds. The van der Waals surface area contributed by atoms with Gasteiger partial charge in [0.2, 0.25) is 5.95 Å². The van der Waals surface area contributed by atoms with E-state index >= 15 is 0 Å². The van der Waals surface area contributed by atoms with E-state index in [1.54, 1.807) is 43.7 Å². The lowest BCUT2D eigenvalue weighted by atomic mass is 10.2. The van der Waals surface area contributed by atoms with Crippen LogP contribution in [0.3, 0.4) is 0 Å². The molecule has 0 aliphatic carbocycles. The second kappa shape index (κ2) is 8.35. The molecular weight excluding hydrogens is 352 g/mol. The summed E-state index contributed by atoms with van der Waals surface area (Å²) in [5.41, 5.74) is 0.530. The number of fused-ring (bicyclic) bond motifs is 1. The van der Waals surface area contributed by atoms with Crippen LogP contribution in [0.15, 0.2) is 36.7 Å². The molecule has 142 valence electrons. The molecule has 0 saturated heterocycles. The minimum absolute atomic E-state index is 0.0777. The lowest BCUT2D eigenvalue weighted by Crippen LogP contribution is -2.35. The summed E-state index contributed by atoms with van der Waals surface area (Å²) in [6.45, 7) is 2.38. The van der Waals surface area contributed by atoms with E-state index in [2.05, 4.69) is 15.3 Å². The van der Waals surface area contributed by atoms with Crippen molar-refractivity contribution in [3.8, 4) is 11.5 Å². The number of hydrogen-bond donors (Lipinski definition) is 1. The summed E-state index contributed by atoms with van der Waals surface area (Å²) in [5.74, 6) is 0.578. The van der Waals surface area contributed by atoms with Crippen molar-refractivity contribution in [3.63, 3.8) is 0 Å². The Hall–Kier alpha value is -3.36. The molecule has 1 aromatic carbocycles. The van der Waals surface area contributed by atoms with Crippen LogP contribution >= 0.6 is 0 Å². The average Bonchev–Trinajstić information content (AvgIpc) is 2.68. The van der Waals surface area contributed by atoms with Crippen molar-refractivity contribution in [3.05, 3.63) is 36.7 Å². The zero-order valence-corrected chi connectivity index (χ0v) is 15.0. The van der Waals surface area contributed by atoms with Gasteiger partial charge in [-0.15, -0.1) is 0 Å². The first-order valence-electron chi connectivity index (χ1n) is 8.41. The van der Waals surface area contributed by atoms with Gasteiger partial charge in [0.15, 0.2) is 17.6 Å². The fourth-order valence-electron chi connectivity index (χ4n) is 2.41. The fourth-order valence-corrected chi connectivity index (χ4v) is 2.41. The highest BCUT2D eigenvalue weighted by Crippen LogP contribution is 2.32. The summed E-state index contributed by atoms with van der Waals surface area (Å²) in [4.78, 5) is 33.9. The second-order valence-corrected chi connectivity index (χ2v) is 5.88. The molecule has 1 aromatic heterocycles. The van der Waals surface area contributed by atoms with Gasteiger partial charge in [0.25, 0.3) is 5.91 Å². The van der Waals surface area contributed by atoms with Crippen LogP contribution in [-0.4, -0.2) is 54.8 Å². The molecule has 1 unspecified atom stereocenters. The number of nitrogens with one attached hydrogen (secondary N) is 1. The highest BCUT2D eigenvalue weighted by atomic mass is 16.6. The molecule has 2 aromatic rings. The molecule has 2 heterocycles. The third-order valence-electron chi connectivity index (χ3n) is 3.75. The van der Waals surface area contributed by atoms with Crippen LogP contribution in [-0.2, 0) is 14.3 Å². The molecule has 0 fully saturated rings. The van der Waals surface area contributed by atoms with Gasteiger partial charge in [0, 0.05) is 31.2 Å². The van der Waals surface area contributed by atoms with Crippen molar-refractivity contribution in [2.45, 2.75) is 13.0 Å². The molecule has 1 aliphatic rings. The largest absolute Gasteiger partial charge is 0.486 e. The van der Waals surface area contributed by atoms with E-state index in [0.29, 0.717) is 36.3 Å². The summed E-state index contributed by atoms with van der Waals surface area (Å²) < 4.78 is 16.1. The number of carbonyl (C=O) groups is 2. The molecule has 9 heteroatoms. The highest BCUT2D eigenvalue weighted by Gasteiger charge is 2.20. The molecule has 0 spiro atoms. The zero-order valence-electron chi connectivity index (χ0n) is 15.0. The standard InChI is InChI=1S/C18H20N4O5/c1-12(27-16(23)11-22(2)18-19-6-3-7-20-18)17(24)21-13-4-5-14-15(10-13)26-9-8-25-14/h3-7,10,12H,8-9,11H2,1-2H3,(H,21,24). The van der Waals surface area contributed by atoms with Crippen molar-refractivity contribution < 1.29 is 23.8 Å². The van der Waals surface area contributed by atoms with Crippen LogP contribution < -0.4 is 19.7 Å². The molecular formula is C18H20N4O5. The smallest absolute Gasteiger partial charge is 0.326 e. The highest BCUT2D eigenvalue weighted by molar-refractivity contribution is 5.95. The lowest BCUT2D eigenvalue weighted by molar-refractivity contribution is -0.151. The van der Waals surface area contributed by atoms with E-state index < -0.39 is 18.0 Å². The minimum atomic E-state index is -0.962. The van der Waals surface area contributed by atoms with Crippen LogP contribution in [0.2, 0.25) is 0 Å². The first kappa shape index (κ1) is 18.4. The number of anilines is 2. The third-order valence-corrected chi connectivity index (χ3v) is 3.75. The Balaban J connectivity index is 1.52. The van der Waals surface area contributed by atoms with E-state index in [1.807, 2.05) is 0 Å². The summed E-state index contributed by atoms with van der Waals surface area (Å²) in [6.07, 6.45) is 2.19. The van der Waals surface area contributed by atoms with E-state index in [0.717, 1.165) is 0 Å². The zero-order chi connectivity index (χ0) is 19.2. The maximum absolute atomic E-state index is 12.3. The number of benzene rings is 1. The predicted molar refractivity (Wildman–Crippen MR) is 96.9 cm³/mol. The van der Waals surface area contributed by atoms with Gasteiger partial charge in [-0.25, -0.2) is 9.97 Å². The topological polar surface area (TPSA) is 103 Å². The second-order valence-electron chi connectivity index (χ2n) is 5.88. The van der Waals surface area contributed by atoms with Gasteiger partial charge >= 0.3 is 5.97 Å². The number of likely N-dealkylation sites (N-methyl/N-ethyl adjacent to an activating group) is 1.